The van der Waals surface area contributed by atoms with Crippen LogP contribution < -0.4 is 5.32 Å². The number of hydrogen-bond donors (Lipinski definition) is 1. The Labute approximate surface area is 152 Å². The van der Waals surface area contributed by atoms with Crippen LogP contribution in [0.5, 0.6) is 0 Å². The second kappa shape index (κ2) is 8.03. The minimum Gasteiger partial charge on any atom is -0.342 e. The van der Waals surface area contributed by atoms with Crippen molar-refractivity contribution in [2.75, 3.05) is 18.4 Å². The van der Waals surface area contributed by atoms with E-state index >= 15 is 0 Å². The fourth-order valence-electron chi connectivity index (χ4n) is 3.31. The van der Waals surface area contributed by atoms with Crippen molar-refractivity contribution < 1.29 is 9.59 Å². The zero-order valence-electron chi connectivity index (χ0n) is 16.3. The predicted octanol–water partition coefficient (Wildman–Crippen LogP) is 4.42. The quantitative estimate of drug-likeness (QED) is 0.879. The minimum absolute atomic E-state index is 0.0194. The van der Waals surface area contributed by atoms with Gasteiger partial charge in [-0.25, -0.2) is 0 Å². The molecule has 1 aliphatic heterocycles. The first kappa shape index (κ1) is 19.5. The van der Waals surface area contributed by atoms with E-state index in [1.807, 2.05) is 43.9 Å². The summed E-state index contributed by atoms with van der Waals surface area (Å²) >= 11 is 0. The number of rotatable bonds is 4. The molecule has 1 aromatic rings. The number of carbonyl (C=O) groups is 2. The number of likely N-dealkylation sites (tertiary alicyclic amines) is 1. The van der Waals surface area contributed by atoms with Gasteiger partial charge in [0.25, 0.3) is 0 Å². The molecule has 25 heavy (non-hydrogen) atoms. The van der Waals surface area contributed by atoms with Crippen LogP contribution in [0.3, 0.4) is 0 Å². The highest BCUT2D eigenvalue weighted by Gasteiger charge is 2.32. The molecule has 0 spiro atoms. The first-order valence-electron chi connectivity index (χ1n) is 9.43. The summed E-state index contributed by atoms with van der Waals surface area (Å²) in [5.41, 5.74) is 1.76. The van der Waals surface area contributed by atoms with Crippen molar-refractivity contribution in [3.05, 3.63) is 29.8 Å². The Bertz CT molecular complexity index is 611. The van der Waals surface area contributed by atoms with Crippen molar-refractivity contribution in [3.8, 4) is 0 Å². The van der Waals surface area contributed by atoms with E-state index in [1.54, 1.807) is 0 Å². The second-order valence-electron chi connectivity index (χ2n) is 8.20. The number of hydrogen-bond acceptors (Lipinski definition) is 2. The highest BCUT2D eigenvalue weighted by Crippen LogP contribution is 2.28. The Morgan fingerprint density at radius 1 is 1.20 bits per heavy atom. The zero-order valence-corrected chi connectivity index (χ0v) is 16.3. The average Bonchev–Trinajstić information content (AvgIpc) is 2.60. The molecule has 1 heterocycles. The van der Waals surface area contributed by atoms with E-state index in [4.69, 9.17) is 0 Å². The Morgan fingerprint density at radius 2 is 1.80 bits per heavy atom. The highest BCUT2D eigenvalue weighted by molar-refractivity contribution is 5.93. The van der Waals surface area contributed by atoms with E-state index < -0.39 is 0 Å². The summed E-state index contributed by atoms with van der Waals surface area (Å²) in [5, 5.41) is 3.13. The van der Waals surface area contributed by atoms with Gasteiger partial charge in [0, 0.05) is 30.1 Å². The van der Waals surface area contributed by atoms with E-state index in [0.29, 0.717) is 19.0 Å². The van der Waals surface area contributed by atoms with Crippen molar-refractivity contribution in [3.63, 3.8) is 0 Å². The number of carbonyl (C=O) groups excluding carboxylic acids is 2. The number of nitrogens with one attached hydrogen (secondary N) is 1. The fourth-order valence-corrected chi connectivity index (χ4v) is 3.31. The molecule has 1 N–H and O–H groups in total. The number of para-hydroxylation sites is 1. The summed E-state index contributed by atoms with van der Waals surface area (Å²) in [4.78, 5) is 27.0. The zero-order chi connectivity index (χ0) is 18.6. The molecule has 1 unspecified atom stereocenters. The summed E-state index contributed by atoms with van der Waals surface area (Å²) < 4.78 is 0. The first-order valence-corrected chi connectivity index (χ1v) is 9.43. The van der Waals surface area contributed by atoms with Crippen molar-refractivity contribution in [2.45, 2.75) is 59.8 Å². The summed E-state index contributed by atoms with van der Waals surface area (Å²) in [6.45, 7) is 11.5. The van der Waals surface area contributed by atoms with E-state index in [9.17, 15) is 9.59 Å². The molecule has 1 atom stereocenters. The van der Waals surface area contributed by atoms with Crippen molar-refractivity contribution >= 4 is 17.5 Å². The number of anilines is 1. The molecule has 0 aromatic heterocycles. The summed E-state index contributed by atoms with van der Waals surface area (Å²) in [5.74, 6) is 0.656. The van der Waals surface area contributed by atoms with Crippen LogP contribution in [-0.4, -0.2) is 29.8 Å². The van der Waals surface area contributed by atoms with Crippen molar-refractivity contribution in [2.24, 2.45) is 11.3 Å². The molecule has 1 fully saturated rings. The summed E-state index contributed by atoms with van der Waals surface area (Å²) in [6.07, 6.45) is 2.51. The number of amides is 2. The Morgan fingerprint density at radius 3 is 2.36 bits per heavy atom. The van der Waals surface area contributed by atoms with Crippen LogP contribution in [0.25, 0.3) is 0 Å². The number of piperidine rings is 1. The van der Waals surface area contributed by atoms with E-state index in [2.05, 4.69) is 25.2 Å². The van der Waals surface area contributed by atoms with E-state index in [-0.39, 0.29) is 23.1 Å². The van der Waals surface area contributed by atoms with Gasteiger partial charge in [-0.15, -0.1) is 0 Å². The molecule has 0 aliphatic carbocycles. The third kappa shape index (κ3) is 4.83. The van der Waals surface area contributed by atoms with Crippen LogP contribution in [0.4, 0.5) is 5.69 Å². The smallest absolute Gasteiger partial charge is 0.227 e. The van der Waals surface area contributed by atoms with Gasteiger partial charge >= 0.3 is 0 Å². The summed E-state index contributed by atoms with van der Waals surface area (Å²) in [7, 11) is 0. The molecule has 0 bridgehead atoms. The lowest BCUT2D eigenvalue weighted by Gasteiger charge is -2.35. The lowest BCUT2D eigenvalue weighted by molar-refractivity contribution is -0.142. The van der Waals surface area contributed by atoms with Crippen molar-refractivity contribution in [1.29, 1.82) is 0 Å². The standard InChI is InChI=1S/C21H32N2O2/c1-6-15(2)17-9-7-8-10-18(17)22-19(24)16-11-13-23(14-12-16)20(25)21(3,4)5/h7-10,15-16H,6,11-14H2,1-5H3,(H,22,24). The van der Waals surface area contributed by atoms with Gasteiger partial charge in [-0.1, -0.05) is 52.8 Å². The maximum absolute atomic E-state index is 12.7. The van der Waals surface area contributed by atoms with Crippen LogP contribution in [0.1, 0.15) is 65.4 Å². The van der Waals surface area contributed by atoms with Crippen LogP contribution >= 0.6 is 0 Å². The molecule has 1 saturated heterocycles. The normalized spacial score (nSPS) is 17.2. The molecule has 1 aromatic carbocycles. The topological polar surface area (TPSA) is 49.4 Å². The van der Waals surface area contributed by atoms with Gasteiger partial charge in [0.15, 0.2) is 0 Å². The maximum atomic E-state index is 12.7. The molecular formula is C21H32N2O2. The van der Waals surface area contributed by atoms with E-state index in [0.717, 1.165) is 24.9 Å². The molecule has 2 amide bonds. The summed E-state index contributed by atoms with van der Waals surface area (Å²) in [6, 6.07) is 8.06. The Kier molecular flexibility index (Phi) is 6.26. The third-order valence-electron chi connectivity index (χ3n) is 5.16. The van der Waals surface area contributed by atoms with Gasteiger partial charge in [0.2, 0.25) is 11.8 Å². The highest BCUT2D eigenvalue weighted by atomic mass is 16.2. The van der Waals surface area contributed by atoms with Gasteiger partial charge in [-0.05, 0) is 36.8 Å². The lowest BCUT2D eigenvalue weighted by atomic mass is 9.90. The molecule has 0 radical (unpaired) electrons. The second-order valence-corrected chi connectivity index (χ2v) is 8.20. The molecule has 4 heteroatoms. The van der Waals surface area contributed by atoms with Gasteiger partial charge < -0.3 is 10.2 Å². The SMILES string of the molecule is CCC(C)c1ccccc1NC(=O)C1CCN(C(=O)C(C)(C)C)CC1. The molecule has 4 nitrogen and oxygen atoms in total. The molecule has 138 valence electrons. The minimum atomic E-state index is -0.357. The monoisotopic (exact) mass is 344 g/mol. The molecular weight excluding hydrogens is 312 g/mol. The first-order chi connectivity index (χ1) is 11.7. The third-order valence-corrected chi connectivity index (χ3v) is 5.16. The van der Waals surface area contributed by atoms with Crippen LogP contribution in [-0.2, 0) is 9.59 Å². The van der Waals surface area contributed by atoms with Crippen molar-refractivity contribution in [1.82, 2.24) is 4.90 Å². The number of nitrogens with zero attached hydrogens (tertiary/aromatic N) is 1. The van der Waals surface area contributed by atoms with Crippen LogP contribution in [0.2, 0.25) is 0 Å². The number of benzene rings is 1. The molecule has 0 saturated carbocycles. The predicted molar refractivity (Wildman–Crippen MR) is 103 cm³/mol. The van der Waals surface area contributed by atoms with Gasteiger partial charge in [-0.3, -0.25) is 9.59 Å². The molecule has 2 rings (SSSR count). The van der Waals surface area contributed by atoms with Crippen LogP contribution in [0, 0.1) is 11.3 Å². The maximum Gasteiger partial charge on any atom is 0.227 e. The largest absolute Gasteiger partial charge is 0.342 e. The lowest BCUT2D eigenvalue weighted by Crippen LogP contribution is -2.45. The fraction of sp³-hybridized carbons (Fsp3) is 0.619. The Balaban J connectivity index is 1.97. The van der Waals surface area contributed by atoms with Crippen LogP contribution in [0.15, 0.2) is 24.3 Å². The Hall–Kier alpha value is -1.84. The van der Waals surface area contributed by atoms with E-state index in [1.165, 1.54) is 5.56 Å². The molecule has 1 aliphatic rings. The van der Waals surface area contributed by atoms with Gasteiger partial charge in [0.05, 0.1) is 0 Å². The van der Waals surface area contributed by atoms with Gasteiger partial charge in [0.1, 0.15) is 0 Å². The van der Waals surface area contributed by atoms with Gasteiger partial charge in [-0.2, -0.15) is 0 Å². The average molecular weight is 344 g/mol.